The minimum atomic E-state index is -4.64. The Hall–Kier alpha value is -5.18. The molecule has 0 saturated heterocycles. The van der Waals surface area contributed by atoms with Gasteiger partial charge in [0.05, 0.1) is 65.0 Å². The average molecular weight is 1040 g/mol. The molecule has 1 N–H and O–H groups in total. The molecule has 0 aliphatic heterocycles. The van der Waals surface area contributed by atoms with E-state index >= 15 is 0 Å². The summed E-state index contributed by atoms with van der Waals surface area (Å²) in [7, 11) is -14.7. The van der Waals surface area contributed by atoms with Gasteiger partial charge < -0.3 is 0 Å². The molecule has 0 radical (unpaired) electrons. The van der Waals surface area contributed by atoms with Crippen LogP contribution >= 0.6 is 0 Å². The number of halogens is 3. The standard InChI is InChI=1S/C11H12N2O2S.C9H10F3NO2S.C8H11NO2S.C7H12N2O2S.C6H10N2O2S/c1-8(2)16(14,15)11-4-6-13-10-7-12-5-3-9(10)11;1-6(2)16(14,15)7-3-4-13-8(5-7)9(10,11)12;1-7(2)12(10,11)8-3-5-9-6-4-8;1-6(2)12(10,11)7-4-8-9(3)5-7;1-5(2)11(9,10)6-3-7-8-4-6/h3-8H,1-2H3;3-6H,1-2H3;3-7H,1-2H3;4-6H,1-3H3;3-5H,1-2H3,(H,7,8). The van der Waals surface area contributed by atoms with Crippen LogP contribution in [0.5, 0.6) is 0 Å². The lowest BCUT2D eigenvalue weighted by molar-refractivity contribution is -0.141. The number of aromatic nitrogens is 8. The predicted molar refractivity (Wildman–Crippen MR) is 246 cm³/mol. The topological polar surface area (TPSA) is 269 Å². The maximum atomic E-state index is 12.3. The molecule has 0 atom stereocenters. The highest BCUT2D eigenvalue weighted by molar-refractivity contribution is 7.93. The molecule has 0 aromatic carbocycles. The quantitative estimate of drug-likeness (QED) is 0.152. The molecular formula is C41H55F3N8O10S5. The van der Waals surface area contributed by atoms with E-state index in [0.717, 1.165) is 12.3 Å². The van der Waals surface area contributed by atoms with E-state index in [1.165, 1.54) is 80.1 Å². The predicted octanol–water partition coefficient (Wildman–Crippen LogP) is 6.55. The Kier molecular flexibility index (Phi) is 20.5. The number of sulfone groups is 5. The minimum absolute atomic E-state index is 0.257. The van der Waals surface area contributed by atoms with Crippen molar-refractivity contribution in [2.45, 2.75) is 126 Å². The average Bonchev–Trinajstić information content (AvgIpc) is 3.98. The van der Waals surface area contributed by atoms with E-state index in [9.17, 15) is 55.3 Å². The van der Waals surface area contributed by atoms with Crippen molar-refractivity contribution >= 4 is 60.1 Å². The summed E-state index contributed by atoms with van der Waals surface area (Å²) in [5.41, 5.74) is -0.599. The molecular weight excluding hydrogens is 982 g/mol. The summed E-state index contributed by atoms with van der Waals surface area (Å²) in [5, 5.41) is 8.10. The minimum Gasteiger partial charge on any atom is -0.284 e. The second kappa shape index (κ2) is 23.7. The summed E-state index contributed by atoms with van der Waals surface area (Å²) in [4.78, 5) is 15.7. The van der Waals surface area contributed by atoms with Crippen LogP contribution in [0.2, 0.25) is 0 Å². The number of fused-ring (bicyclic) bond motifs is 1. The van der Waals surface area contributed by atoms with E-state index in [0.29, 0.717) is 31.7 Å². The van der Waals surface area contributed by atoms with Crippen molar-refractivity contribution in [3.8, 4) is 0 Å². The van der Waals surface area contributed by atoms with Crippen LogP contribution in [-0.4, -0.2) is 108 Å². The third kappa shape index (κ3) is 15.7. The lowest BCUT2D eigenvalue weighted by Gasteiger charge is -2.10. The molecule has 0 fully saturated rings. The molecule has 0 unspecified atom stereocenters. The van der Waals surface area contributed by atoms with Crippen LogP contribution in [0.4, 0.5) is 13.2 Å². The second-order valence-corrected chi connectivity index (χ2v) is 28.0. The summed E-state index contributed by atoms with van der Waals surface area (Å²) in [5.74, 6) is 0. The van der Waals surface area contributed by atoms with Gasteiger partial charge >= 0.3 is 6.18 Å². The van der Waals surface area contributed by atoms with E-state index in [1.807, 2.05) is 0 Å². The van der Waals surface area contributed by atoms with Crippen LogP contribution in [0.1, 0.15) is 74.9 Å². The van der Waals surface area contributed by atoms with Gasteiger partial charge in [0.15, 0.2) is 49.2 Å². The van der Waals surface area contributed by atoms with Crippen molar-refractivity contribution in [3.63, 3.8) is 0 Å². The Bertz CT molecular complexity index is 3090. The molecule has 26 heteroatoms. The zero-order valence-electron chi connectivity index (χ0n) is 38.5. The summed E-state index contributed by atoms with van der Waals surface area (Å²) in [6, 6.07) is 7.85. The highest BCUT2D eigenvalue weighted by atomic mass is 32.2. The van der Waals surface area contributed by atoms with Crippen LogP contribution in [-0.2, 0) is 62.4 Å². The summed E-state index contributed by atoms with van der Waals surface area (Å²) >= 11 is 0. The van der Waals surface area contributed by atoms with Gasteiger partial charge in [0.25, 0.3) is 0 Å². The van der Waals surface area contributed by atoms with E-state index in [4.69, 9.17) is 0 Å². The molecule has 0 spiro atoms. The van der Waals surface area contributed by atoms with Crippen molar-refractivity contribution < 1.29 is 55.3 Å². The van der Waals surface area contributed by atoms with E-state index in [-0.39, 0.29) is 25.5 Å². The maximum Gasteiger partial charge on any atom is 0.433 e. The zero-order valence-corrected chi connectivity index (χ0v) is 42.6. The third-order valence-corrected chi connectivity index (χ3v) is 19.8. The highest BCUT2D eigenvalue weighted by Crippen LogP contribution is 2.29. The normalized spacial score (nSPS) is 12.4. The zero-order chi connectivity index (χ0) is 51.3. The van der Waals surface area contributed by atoms with E-state index < -0.39 is 71.6 Å². The number of aromatic amines is 1. The first-order valence-electron chi connectivity index (χ1n) is 20.0. The first-order valence-corrected chi connectivity index (χ1v) is 27.7. The van der Waals surface area contributed by atoms with Crippen molar-refractivity contribution in [1.82, 2.24) is 39.9 Å². The molecule has 6 aromatic rings. The number of rotatable bonds is 10. The maximum absolute atomic E-state index is 12.3. The van der Waals surface area contributed by atoms with E-state index in [1.54, 1.807) is 80.9 Å². The Labute approximate surface area is 390 Å². The molecule has 18 nitrogen and oxygen atoms in total. The number of alkyl halides is 3. The van der Waals surface area contributed by atoms with Gasteiger partial charge in [-0.3, -0.25) is 29.7 Å². The Morgan fingerprint density at radius 2 is 0.985 bits per heavy atom. The van der Waals surface area contributed by atoms with Crippen LogP contribution in [0.25, 0.3) is 10.9 Å². The Morgan fingerprint density at radius 3 is 1.45 bits per heavy atom. The first-order chi connectivity index (χ1) is 30.7. The van der Waals surface area contributed by atoms with Gasteiger partial charge in [-0.1, -0.05) is 0 Å². The van der Waals surface area contributed by atoms with Gasteiger partial charge in [-0.2, -0.15) is 23.4 Å². The van der Waals surface area contributed by atoms with Crippen molar-refractivity contribution in [3.05, 3.63) is 104 Å². The number of hydrogen-bond acceptors (Lipinski definition) is 16. The molecule has 0 aliphatic rings. The number of hydrogen-bond donors (Lipinski definition) is 1. The molecule has 6 rings (SSSR count). The molecule has 0 amide bonds. The lowest BCUT2D eigenvalue weighted by Crippen LogP contribution is -2.16. The Balaban J connectivity index is 0.000000290. The van der Waals surface area contributed by atoms with Gasteiger partial charge in [0.2, 0.25) is 0 Å². The molecule has 0 aliphatic carbocycles. The third-order valence-electron chi connectivity index (χ3n) is 9.05. The molecule has 370 valence electrons. The molecule has 6 aromatic heterocycles. The monoisotopic (exact) mass is 1040 g/mol. The first kappa shape index (κ1) is 57.9. The van der Waals surface area contributed by atoms with Gasteiger partial charge in [-0.25, -0.2) is 42.1 Å². The van der Waals surface area contributed by atoms with Crippen molar-refractivity contribution in [2.75, 3.05) is 0 Å². The number of aryl methyl sites for hydroxylation is 1. The fourth-order valence-electron chi connectivity index (χ4n) is 4.77. The highest BCUT2D eigenvalue weighted by Gasteiger charge is 2.34. The number of nitrogens with zero attached hydrogens (tertiary/aromatic N) is 7. The smallest absolute Gasteiger partial charge is 0.284 e. The fourth-order valence-corrected chi connectivity index (χ4v) is 10.1. The summed E-state index contributed by atoms with van der Waals surface area (Å²) in [6.45, 7) is 16.1. The van der Waals surface area contributed by atoms with Crippen LogP contribution in [0.15, 0.2) is 123 Å². The number of nitrogens with one attached hydrogen (secondary N) is 1. The Morgan fingerprint density at radius 1 is 0.522 bits per heavy atom. The second-order valence-electron chi connectivity index (χ2n) is 15.5. The molecule has 0 saturated carbocycles. The van der Waals surface area contributed by atoms with Crippen LogP contribution < -0.4 is 0 Å². The summed E-state index contributed by atoms with van der Waals surface area (Å²) < 4.78 is 154. The van der Waals surface area contributed by atoms with Gasteiger partial charge in [-0.15, -0.1) is 0 Å². The largest absolute Gasteiger partial charge is 0.433 e. The summed E-state index contributed by atoms with van der Waals surface area (Å²) in [6.07, 6.45) is 9.39. The van der Waals surface area contributed by atoms with Gasteiger partial charge in [-0.05, 0) is 106 Å². The molecule has 6 heterocycles. The van der Waals surface area contributed by atoms with Crippen molar-refractivity contribution in [1.29, 1.82) is 0 Å². The van der Waals surface area contributed by atoms with Gasteiger partial charge in [0.1, 0.15) is 15.5 Å². The lowest BCUT2D eigenvalue weighted by atomic mass is 10.3. The van der Waals surface area contributed by atoms with Crippen molar-refractivity contribution in [2.24, 2.45) is 7.05 Å². The molecule has 67 heavy (non-hydrogen) atoms. The SMILES string of the molecule is CC(C)S(=O)(=O)c1ccnc(C(F)(F)F)c1.CC(C)S(=O)(=O)c1ccnc2cnccc12.CC(C)S(=O)(=O)c1ccncc1.CC(C)S(=O)(=O)c1cn[nH]c1.CC(C)S(=O)(=O)c1cnn(C)c1. The molecule has 0 bridgehead atoms. The van der Waals surface area contributed by atoms with Gasteiger partial charge in [0, 0.05) is 55.8 Å². The number of H-pyrrole nitrogens is 1. The van der Waals surface area contributed by atoms with E-state index in [2.05, 4.69) is 35.2 Å². The number of pyridine rings is 4. The van der Waals surface area contributed by atoms with Crippen LogP contribution in [0.3, 0.4) is 0 Å². The fraction of sp³-hybridized carbons (Fsp3) is 0.415. The van der Waals surface area contributed by atoms with Crippen LogP contribution in [0, 0.1) is 0 Å².